The van der Waals surface area contributed by atoms with Gasteiger partial charge in [0, 0.05) is 24.6 Å². The van der Waals surface area contributed by atoms with Gasteiger partial charge in [0.05, 0.1) is 4.92 Å². The molecule has 2 aliphatic rings. The zero-order chi connectivity index (χ0) is 18.3. The molecule has 0 bridgehead atoms. The molecular weight excluding hydrogens is 340 g/mol. The van der Waals surface area contributed by atoms with Crippen LogP contribution in [0.4, 0.5) is 11.4 Å². The van der Waals surface area contributed by atoms with E-state index in [2.05, 4.69) is 15.5 Å². The lowest BCUT2D eigenvalue weighted by atomic mass is 9.94. The fraction of sp³-hybridized carbons (Fsp3) is 0.412. The van der Waals surface area contributed by atoms with Crippen LogP contribution < -0.4 is 14.8 Å². The molecule has 4 rings (SSSR count). The number of aryl methyl sites for hydroxylation is 1. The number of fused-ring (bicyclic) bond motifs is 1. The number of aromatic nitrogens is 2. The zero-order valence-corrected chi connectivity index (χ0v) is 14.2. The molecule has 0 atom stereocenters. The van der Waals surface area contributed by atoms with Crippen molar-refractivity contribution < 1.29 is 19.2 Å². The van der Waals surface area contributed by atoms with E-state index in [-0.39, 0.29) is 17.1 Å². The van der Waals surface area contributed by atoms with Crippen LogP contribution in [0, 0.1) is 17.0 Å². The van der Waals surface area contributed by atoms with Crippen LogP contribution >= 0.6 is 0 Å². The maximum absolute atomic E-state index is 12.4. The Morgan fingerprint density at radius 3 is 2.73 bits per heavy atom. The van der Waals surface area contributed by atoms with Crippen molar-refractivity contribution in [1.82, 2.24) is 10.2 Å². The number of carbonyl (C=O) groups is 1. The van der Waals surface area contributed by atoms with Crippen molar-refractivity contribution >= 4 is 17.3 Å². The minimum Gasteiger partial charge on any atom is -0.448 e. The van der Waals surface area contributed by atoms with Gasteiger partial charge in [-0.2, -0.15) is 5.10 Å². The summed E-state index contributed by atoms with van der Waals surface area (Å²) < 4.78 is 12.0. The van der Waals surface area contributed by atoms with E-state index < -0.39 is 16.6 Å². The molecule has 26 heavy (non-hydrogen) atoms. The highest BCUT2D eigenvalue weighted by atomic mass is 16.7. The predicted molar refractivity (Wildman–Crippen MR) is 91.4 cm³/mol. The molecule has 0 saturated heterocycles. The number of nitrogens with one attached hydrogen (secondary N) is 2. The quantitative estimate of drug-likeness (QED) is 0.642. The Morgan fingerprint density at radius 1 is 1.27 bits per heavy atom. The van der Waals surface area contributed by atoms with E-state index >= 15 is 0 Å². The summed E-state index contributed by atoms with van der Waals surface area (Å²) in [5.74, 6) is -0.0439. The summed E-state index contributed by atoms with van der Waals surface area (Å²) in [4.78, 5) is 22.9. The zero-order valence-electron chi connectivity index (χ0n) is 14.2. The monoisotopic (exact) mass is 358 g/mol. The van der Waals surface area contributed by atoms with E-state index in [1.807, 2.05) is 0 Å². The number of nitro groups is 1. The van der Waals surface area contributed by atoms with Gasteiger partial charge in [0.25, 0.3) is 11.7 Å². The molecule has 9 heteroatoms. The molecule has 1 saturated carbocycles. The van der Waals surface area contributed by atoms with Gasteiger partial charge in [0.1, 0.15) is 5.69 Å². The number of H-pyrrole nitrogens is 1. The summed E-state index contributed by atoms with van der Waals surface area (Å²) in [6, 6.07) is 5.08. The number of benzene rings is 1. The standard InChI is InChI=1S/C17H18N4O5/c1-10-15(21(23)24)14(20-19-10)16(22)18-11-5-6-12-13(9-11)26-17(25-12)7-3-2-4-8-17/h5-6,9H,2-4,7-8H2,1H3,(H,18,22)(H,19,20). The van der Waals surface area contributed by atoms with E-state index in [1.165, 1.54) is 13.3 Å². The molecular formula is C17H18N4O5. The highest BCUT2D eigenvalue weighted by Crippen LogP contribution is 2.46. The van der Waals surface area contributed by atoms with Gasteiger partial charge < -0.3 is 14.8 Å². The van der Waals surface area contributed by atoms with Crippen molar-refractivity contribution in [2.45, 2.75) is 44.8 Å². The number of carbonyl (C=O) groups excluding carboxylic acids is 1. The minimum absolute atomic E-state index is 0.227. The van der Waals surface area contributed by atoms with Crippen LogP contribution in [0.5, 0.6) is 11.5 Å². The molecule has 1 fully saturated rings. The van der Waals surface area contributed by atoms with Crippen molar-refractivity contribution in [3.63, 3.8) is 0 Å². The number of anilines is 1. The van der Waals surface area contributed by atoms with Gasteiger partial charge in [0.2, 0.25) is 5.69 Å². The molecule has 1 amide bonds. The highest BCUT2D eigenvalue weighted by Gasteiger charge is 2.42. The minimum atomic E-state index is -0.660. The van der Waals surface area contributed by atoms with Crippen molar-refractivity contribution in [2.75, 3.05) is 5.32 Å². The summed E-state index contributed by atoms with van der Waals surface area (Å²) in [6.07, 6.45) is 4.96. The second-order valence-corrected chi connectivity index (χ2v) is 6.59. The number of hydrogen-bond donors (Lipinski definition) is 2. The average molecular weight is 358 g/mol. The Kier molecular flexibility index (Phi) is 3.78. The maximum Gasteiger partial charge on any atom is 0.322 e. The third kappa shape index (κ3) is 2.75. The molecule has 1 aromatic carbocycles. The van der Waals surface area contributed by atoms with E-state index in [0.29, 0.717) is 17.2 Å². The summed E-state index contributed by atoms with van der Waals surface area (Å²) in [7, 11) is 0. The smallest absolute Gasteiger partial charge is 0.322 e. The van der Waals surface area contributed by atoms with Crippen LogP contribution in [0.2, 0.25) is 0 Å². The normalized spacial score (nSPS) is 17.3. The second kappa shape index (κ2) is 6.01. The van der Waals surface area contributed by atoms with Crippen LogP contribution in [-0.4, -0.2) is 26.8 Å². The first-order valence-electron chi connectivity index (χ1n) is 8.50. The molecule has 136 valence electrons. The number of ether oxygens (including phenoxy) is 2. The van der Waals surface area contributed by atoms with E-state index in [9.17, 15) is 14.9 Å². The Hall–Kier alpha value is -3.10. The third-order valence-electron chi connectivity index (χ3n) is 4.72. The van der Waals surface area contributed by atoms with Crippen LogP contribution in [-0.2, 0) is 0 Å². The van der Waals surface area contributed by atoms with Gasteiger partial charge in [-0.15, -0.1) is 0 Å². The maximum atomic E-state index is 12.4. The molecule has 2 N–H and O–H groups in total. The first-order valence-corrected chi connectivity index (χ1v) is 8.50. The van der Waals surface area contributed by atoms with E-state index in [1.54, 1.807) is 18.2 Å². The Balaban J connectivity index is 1.53. The molecule has 1 aromatic heterocycles. The van der Waals surface area contributed by atoms with Gasteiger partial charge >= 0.3 is 5.69 Å². The SMILES string of the molecule is Cc1[nH]nc(C(=O)Nc2ccc3c(c2)OC2(CCCCC2)O3)c1[N+](=O)[O-]. The van der Waals surface area contributed by atoms with Crippen LogP contribution in [0.25, 0.3) is 0 Å². The van der Waals surface area contributed by atoms with Gasteiger partial charge in [-0.3, -0.25) is 20.0 Å². The number of amides is 1. The lowest BCUT2D eigenvalue weighted by Crippen LogP contribution is -2.40. The topological polar surface area (TPSA) is 119 Å². The number of hydrogen-bond acceptors (Lipinski definition) is 6. The average Bonchev–Trinajstić information content (AvgIpc) is 3.15. The number of nitrogens with zero attached hydrogens (tertiary/aromatic N) is 2. The first kappa shape index (κ1) is 16.4. The lowest BCUT2D eigenvalue weighted by molar-refractivity contribution is -0.385. The Morgan fingerprint density at radius 2 is 2.00 bits per heavy atom. The summed E-state index contributed by atoms with van der Waals surface area (Å²) in [6.45, 7) is 1.49. The number of rotatable bonds is 3. The van der Waals surface area contributed by atoms with Gasteiger partial charge in [0.15, 0.2) is 11.5 Å². The van der Waals surface area contributed by atoms with Gasteiger partial charge in [-0.25, -0.2) is 0 Å². The molecule has 1 aliphatic heterocycles. The fourth-order valence-electron chi connectivity index (χ4n) is 3.46. The number of aromatic amines is 1. The van der Waals surface area contributed by atoms with E-state index in [4.69, 9.17) is 9.47 Å². The first-order chi connectivity index (χ1) is 12.5. The Labute approximate surface area is 148 Å². The van der Waals surface area contributed by atoms with E-state index in [0.717, 1.165) is 25.7 Å². The van der Waals surface area contributed by atoms with Crippen LogP contribution in [0.3, 0.4) is 0 Å². The highest BCUT2D eigenvalue weighted by molar-refractivity contribution is 6.05. The molecule has 0 radical (unpaired) electrons. The molecule has 0 unspecified atom stereocenters. The molecule has 2 heterocycles. The molecule has 1 spiro atoms. The summed E-state index contributed by atoms with van der Waals surface area (Å²) in [5.41, 5.74) is 0.101. The lowest BCUT2D eigenvalue weighted by Gasteiger charge is -2.31. The molecule has 9 nitrogen and oxygen atoms in total. The third-order valence-corrected chi connectivity index (χ3v) is 4.72. The van der Waals surface area contributed by atoms with Crippen LogP contribution in [0.1, 0.15) is 48.3 Å². The molecule has 2 aromatic rings. The predicted octanol–water partition coefficient (Wildman–Crippen LogP) is 3.31. The van der Waals surface area contributed by atoms with Crippen molar-refractivity contribution in [3.8, 4) is 11.5 Å². The second-order valence-electron chi connectivity index (χ2n) is 6.59. The summed E-state index contributed by atoms with van der Waals surface area (Å²) >= 11 is 0. The van der Waals surface area contributed by atoms with Crippen molar-refractivity contribution in [3.05, 3.63) is 39.7 Å². The summed E-state index contributed by atoms with van der Waals surface area (Å²) in [5, 5.41) is 19.9. The van der Waals surface area contributed by atoms with Gasteiger partial charge in [-0.05, 0) is 31.9 Å². The van der Waals surface area contributed by atoms with Crippen molar-refractivity contribution in [2.24, 2.45) is 0 Å². The van der Waals surface area contributed by atoms with Gasteiger partial charge in [-0.1, -0.05) is 6.42 Å². The van der Waals surface area contributed by atoms with Crippen LogP contribution in [0.15, 0.2) is 18.2 Å². The van der Waals surface area contributed by atoms with Crippen molar-refractivity contribution in [1.29, 1.82) is 0 Å². The molecule has 1 aliphatic carbocycles. The largest absolute Gasteiger partial charge is 0.448 e. The Bertz CT molecular complexity index is 885. The fourth-order valence-corrected chi connectivity index (χ4v) is 3.46.